The first-order valence-electron chi connectivity index (χ1n) is 10.6. The number of likely N-dealkylation sites (tertiary alicyclic amines) is 1. The van der Waals surface area contributed by atoms with Crippen LogP contribution in [0.4, 0.5) is 9.18 Å². The SMILES string of the molecule is COc1cc(/C=C2\SC(=O)N(CC(=O)N3CCCC3)C2=O)ccc1OC(=O)c1ccccc1F. The molecule has 0 atom stereocenters. The van der Waals surface area contributed by atoms with Crippen LogP contribution in [-0.2, 0) is 9.59 Å². The van der Waals surface area contributed by atoms with Crippen molar-refractivity contribution in [1.82, 2.24) is 9.80 Å². The van der Waals surface area contributed by atoms with E-state index in [1.54, 1.807) is 11.0 Å². The van der Waals surface area contributed by atoms with E-state index in [0.717, 1.165) is 35.6 Å². The van der Waals surface area contributed by atoms with Crippen LogP contribution >= 0.6 is 11.8 Å². The zero-order chi connectivity index (χ0) is 24.2. The van der Waals surface area contributed by atoms with E-state index in [1.807, 2.05) is 0 Å². The van der Waals surface area contributed by atoms with Gasteiger partial charge >= 0.3 is 5.97 Å². The number of hydrogen-bond donors (Lipinski definition) is 0. The third-order valence-corrected chi connectivity index (χ3v) is 6.31. The molecule has 8 nitrogen and oxygen atoms in total. The van der Waals surface area contributed by atoms with E-state index >= 15 is 0 Å². The van der Waals surface area contributed by atoms with Crippen LogP contribution in [0.2, 0.25) is 0 Å². The highest BCUT2D eigenvalue weighted by molar-refractivity contribution is 8.18. The van der Waals surface area contributed by atoms with Crippen LogP contribution in [0.25, 0.3) is 6.08 Å². The molecule has 2 aliphatic rings. The number of nitrogens with zero attached hydrogens (tertiary/aromatic N) is 2. The standard InChI is InChI=1S/C24H21FN2O6S/c1-32-19-12-15(8-9-18(19)33-23(30)16-6-2-3-7-17(16)25)13-20-22(29)27(24(31)34-20)14-21(28)26-10-4-5-11-26/h2-3,6-9,12-13H,4-5,10-11,14H2,1H3/b20-13-. The summed E-state index contributed by atoms with van der Waals surface area (Å²) in [6.45, 7) is 0.993. The molecule has 0 spiro atoms. The van der Waals surface area contributed by atoms with Crippen molar-refractivity contribution in [3.63, 3.8) is 0 Å². The third-order valence-electron chi connectivity index (χ3n) is 5.41. The van der Waals surface area contributed by atoms with Gasteiger partial charge in [-0.1, -0.05) is 18.2 Å². The molecule has 2 aromatic carbocycles. The van der Waals surface area contributed by atoms with E-state index in [9.17, 15) is 23.6 Å². The lowest BCUT2D eigenvalue weighted by molar-refractivity contribution is -0.135. The van der Waals surface area contributed by atoms with Gasteiger partial charge in [-0.2, -0.15) is 0 Å². The molecule has 2 heterocycles. The minimum atomic E-state index is -0.882. The smallest absolute Gasteiger partial charge is 0.346 e. The Morgan fingerprint density at radius 1 is 1.09 bits per heavy atom. The summed E-state index contributed by atoms with van der Waals surface area (Å²) in [6, 6.07) is 9.98. The highest BCUT2D eigenvalue weighted by Gasteiger charge is 2.37. The Morgan fingerprint density at radius 3 is 2.53 bits per heavy atom. The molecule has 0 unspecified atom stereocenters. The van der Waals surface area contributed by atoms with E-state index in [4.69, 9.17) is 9.47 Å². The topological polar surface area (TPSA) is 93.2 Å². The number of imide groups is 1. The van der Waals surface area contributed by atoms with Gasteiger partial charge in [0.15, 0.2) is 11.5 Å². The van der Waals surface area contributed by atoms with Crippen LogP contribution in [-0.4, -0.2) is 59.6 Å². The predicted molar refractivity (Wildman–Crippen MR) is 123 cm³/mol. The molecule has 10 heteroatoms. The van der Waals surface area contributed by atoms with E-state index in [-0.39, 0.29) is 34.4 Å². The first-order chi connectivity index (χ1) is 16.4. The van der Waals surface area contributed by atoms with Crippen molar-refractivity contribution in [3.05, 3.63) is 64.3 Å². The van der Waals surface area contributed by atoms with Gasteiger partial charge in [0, 0.05) is 13.1 Å². The monoisotopic (exact) mass is 484 g/mol. The lowest BCUT2D eigenvalue weighted by Gasteiger charge is -2.18. The third kappa shape index (κ3) is 4.96. The van der Waals surface area contributed by atoms with Gasteiger partial charge in [-0.25, -0.2) is 9.18 Å². The molecule has 2 saturated heterocycles. The molecular weight excluding hydrogens is 463 g/mol. The molecule has 0 aromatic heterocycles. The number of amides is 3. The van der Waals surface area contributed by atoms with Gasteiger partial charge in [0.2, 0.25) is 5.91 Å². The van der Waals surface area contributed by atoms with Gasteiger partial charge < -0.3 is 14.4 Å². The Kier molecular flexibility index (Phi) is 6.97. The summed E-state index contributed by atoms with van der Waals surface area (Å²) in [5.74, 6) is -2.13. The fraction of sp³-hybridized carbons (Fsp3) is 0.250. The Hall–Kier alpha value is -3.66. The minimum Gasteiger partial charge on any atom is -0.493 e. The van der Waals surface area contributed by atoms with Crippen LogP contribution < -0.4 is 9.47 Å². The molecule has 176 valence electrons. The molecule has 34 heavy (non-hydrogen) atoms. The maximum Gasteiger partial charge on any atom is 0.346 e. The number of esters is 1. The molecule has 0 aliphatic carbocycles. The molecule has 4 rings (SSSR count). The molecule has 0 bridgehead atoms. The zero-order valence-electron chi connectivity index (χ0n) is 18.3. The van der Waals surface area contributed by atoms with Crippen molar-refractivity contribution in [3.8, 4) is 11.5 Å². The van der Waals surface area contributed by atoms with E-state index in [0.29, 0.717) is 18.7 Å². The molecule has 3 amide bonds. The number of thioether (sulfide) groups is 1. The van der Waals surface area contributed by atoms with Crippen LogP contribution in [0.15, 0.2) is 47.4 Å². The zero-order valence-corrected chi connectivity index (χ0v) is 19.1. The number of halogens is 1. The summed E-state index contributed by atoms with van der Waals surface area (Å²) in [4.78, 5) is 52.5. The van der Waals surface area contributed by atoms with Crippen LogP contribution in [0.3, 0.4) is 0 Å². The molecule has 2 aromatic rings. The number of carbonyl (C=O) groups excluding carboxylic acids is 4. The number of methoxy groups -OCH3 is 1. The quantitative estimate of drug-likeness (QED) is 0.351. The summed E-state index contributed by atoms with van der Waals surface area (Å²) < 4.78 is 24.4. The largest absolute Gasteiger partial charge is 0.493 e. The average molecular weight is 485 g/mol. The van der Waals surface area contributed by atoms with Crippen molar-refractivity contribution in [1.29, 1.82) is 0 Å². The molecule has 2 fully saturated rings. The Bertz CT molecular complexity index is 1190. The van der Waals surface area contributed by atoms with Crippen molar-refractivity contribution < 1.29 is 33.0 Å². The Balaban J connectivity index is 1.49. The van der Waals surface area contributed by atoms with Gasteiger partial charge in [-0.15, -0.1) is 0 Å². The fourth-order valence-electron chi connectivity index (χ4n) is 3.63. The first kappa shape index (κ1) is 23.5. The number of ether oxygens (including phenoxy) is 2. The minimum absolute atomic E-state index is 0.0669. The summed E-state index contributed by atoms with van der Waals surface area (Å²) in [6.07, 6.45) is 3.33. The van der Waals surface area contributed by atoms with E-state index in [1.165, 1.54) is 43.5 Å². The number of rotatable bonds is 6. The number of benzene rings is 2. The van der Waals surface area contributed by atoms with Gasteiger partial charge in [-0.3, -0.25) is 19.3 Å². The van der Waals surface area contributed by atoms with Crippen LogP contribution in [0.5, 0.6) is 11.5 Å². The van der Waals surface area contributed by atoms with Gasteiger partial charge in [0.1, 0.15) is 12.4 Å². The molecule has 0 saturated carbocycles. The lowest BCUT2D eigenvalue weighted by Crippen LogP contribution is -2.40. The summed E-state index contributed by atoms with van der Waals surface area (Å²) in [7, 11) is 1.37. The van der Waals surface area contributed by atoms with Crippen molar-refractivity contribution in [2.24, 2.45) is 0 Å². The van der Waals surface area contributed by atoms with E-state index < -0.39 is 22.9 Å². The van der Waals surface area contributed by atoms with Gasteiger partial charge in [0.05, 0.1) is 17.6 Å². The number of hydrogen-bond acceptors (Lipinski definition) is 7. The predicted octanol–water partition coefficient (Wildman–Crippen LogP) is 3.71. The summed E-state index contributed by atoms with van der Waals surface area (Å²) in [5.41, 5.74) is 0.296. The van der Waals surface area contributed by atoms with Gasteiger partial charge in [0.25, 0.3) is 11.1 Å². The Labute approximate surface area is 199 Å². The summed E-state index contributed by atoms with van der Waals surface area (Å²) in [5, 5.41) is -0.508. The highest BCUT2D eigenvalue weighted by atomic mass is 32.2. The fourth-order valence-corrected chi connectivity index (χ4v) is 4.47. The second-order valence-electron chi connectivity index (χ2n) is 7.64. The van der Waals surface area contributed by atoms with Gasteiger partial charge in [-0.05, 0) is 60.5 Å². The van der Waals surface area contributed by atoms with Crippen LogP contribution in [0, 0.1) is 5.82 Å². The summed E-state index contributed by atoms with van der Waals surface area (Å²) >= 11 is 0.748. The normalized spacial score (nSPS) is 16.9. The maximum absolute atomic E-state index is 13.9. The maximum atomic E-state index is 13.9. The molecule has 0 N–H and O–H groups in total. The molecule has 0 radical (unpaired) electrons. The molecular formula is C24H21FN2O6S. The lowest BCUT2D eigenvalue weighted by atomic mass is 10.1. The molecule has 2 aliphatic heterocycles. The number of carbonyl (C=O) groups is 4. The van der Waals surface area contributed by atoms with E-state index in [2.05, 4.69) is 0 Å². The van der Waals surface area contributed by atoms with Crippen molar-refractivity contribution in [2.75, 3.05) is 26.7 Å². The van der Waals surface area contributed by atoms with Crippen LogP contribution in [0.1, 0.15) is 28.8 Å². The first-order valence-corrected chi connectivity index (χ1v) is 11.4. The van der Waals surface area contributed by atoms with Crippen molar-refractivity contribution >= 4 is 40.9 Å². The second-order valence-corrected chi connectivity index (χ2v) is 8.63. The second kappa shape index (κ2) is 10.1. The average Bonchev–Trinajstić information content (AvgIpc) is 3.45. The van der Waals surface area contributed by atoms with Crippen molar-refractivity contribution in [2.45, 2.75) is 12.8 Å². The Morgan fingerprint density at radius 2 is 1.82 bits per heavy atom. The highest BCUT2D eigenvalue weighted by Crippen LogP contribution is 2.35.